The first kappa shape index (κ1) is 18.2. The Hall–Kier alpha value is -2.14. The third-order valence-electron chi connectivity index (χ3n) is 3.87. The lowest BCUT2D eigenvalue weighted by Gasteiger charge is -2.06. The van der Waals surface area contributed by atoms with Gasteiger partial charge in [0.15, 0.2) is 0 Å². The van der Waals surface area contributed by atoms with Gasteiger partial charge in [0.25, 0.3) is 0 Å². The SMILES string of the molecule is CCCCCCCOCc1ccc(-n2cc(C(=O)OC)cn2)cc1. The van der Waals surface area contributed by atoms with Crippen molar-refractivity contribution in [2.24, 2.45) is 0 Å². The van der Waals surface area contributed by atoms with Crippen LogP contribution in [0.25, 0.3) is 5.69 Å². The van der Waals surface area contributed by atoms with Crippen LogP contribution < -0.4 is 0 Å². The van der Waals surface area contributed by atoms with Crippen molar-refractivity contribution in [3.63, 3.8) is 0 Å². The van der Waals surface area contributed by atoms with Crippen molar-refractivity contribution in [3.05, 3.63) is 47.8 Å². The lowest BCUT2D eigenvalue weighted by atomic mass is 10.2. The summed E-state index contributed by atoms with van der Waals surface area (Å²) in [6.07, 6.45) is 9.41. The minimum atomic E-state index is -0.384. The van der Waals surface area contributed by atoms with Gasteiger partial charge >= 0.3 is 5.97 Å². The fraction of sp³-hybridized carbons (Fsp3) is 0.474. The second-order valence-electron chi connectivity index (χ2n) is 5.80. The number of unbranched alkanes of at least 4 members (excludes halogenated alkanes) is 4. The monoisotopic (exact) mass is 330 g/mol. The molecular weight excluding hydrogens is 304 g/mol. The Morgan fingerprint density at radius 2 is 1.88 bits per heavy atom. The van der Waals surface area contributed by atoms with Crippen molar-refractivity contribution in [3.8, 4) is 5.69 Å². The minimum Gasteiger partial charge on any atom is -0.465 e. The number of rotatable bonds is 10. The lowest BCUT2D eigenvalue weighted by molar-refractivity contribution is 0.0600. The zero-order valence-corrected chi connectivity index (χ0v) is 14.5. The van der Waals surface area contributed by atoms with Crippen LogP contribution in [-0.2, 0) is 16.1 Å². The molecule has 130 valence electrons. The van der Waals surface area contributed by atoms with Crippen molar-refractivity contribution >= 4 is 5.97 Å². The van der Waals surface area contributed by atoms with E-state index < -0.39 is 0 Å². The van der Waals surface area contributed by atoms with Gasteiger partial charge in [0, 0.05) is 12.8 Å². The van der Waals surface area contributed by atoms with Gasteiger partial charge in [-0.05, 0) is 24.1 Å². The molecule has 0 aliphatic heterocycles. The van der Waals surface area contributed by atoms with Crippen molar-refractivity contribution in [2.75, 3.05) is 13.7 Å². The number of benzene rings is 1. The molecule has 24 heavy (non-hydrogen) atoms. The summed E-state index contributed by atoms with van der Waals surface area (Å²) in [6, 6.07) is 7.97. The van der Waals surface area contributed by atoms with Crippen LogP contribution >= 0.6 is 0 Å². The van der Waals surface area contributed by atoms with Gasteiger partial charge in [0.1, 0.15) is 0 Å². The van der Waals surface area contributed by atoms with E-state index in [0.29, 0.717) is 12.2 Å². The fourth-order valence-corrected chi connectivity index (χ4v) is 2.43. The largest absolute Gasteiger partial charge is 0.465 e. The summed E-state index contributed by atoms with van der Waals surface area (Å²) in [4.78, 5) is 11.4. The van der Waals surface area contributed by atoms with Crippen molar-refractivity contribution < 1.29 is 14.3 Å². The Kier molecular flexibility index (Phi) is 7.49. The van der Waals surface area contributed by atoms with E-state index in [2.05, 4.69) is 16.8 Å². The van der Waals surface area contributed by atoms with Gasteiger partial charge in [-0.15, -0.1) is 0 Å². The van der Waals surface area contributed by atoms with E-state index in [1.807, 2.05) is 24.3 Å². The molecule has 0 amide bonds. The molecule has 0 fully saturated rings. The number of carbonyl (C=O) groups is 1. The van der Waals surface area contributed by atoms with Crippen LogP contribution in [0.2, 0.25) is 0 Å². The number of nitrogens with zero attached hydrogens (tertiary/aromatic N) is 2. The summed E-state index contributed by atoms with van der Waals surface area (Å²) in [7, 11) is 1.36. The highest BCUT2D eigenvalue weighted by atomic mass is 16.5. The first-order valence-corrected chi connectivity index (χ1v) is 8.54. The summed E-state index contributed by atoms with van der Waals surface area (Å²) in [6.45, 7) is 3.66. The van der Waals surface area contributed by atoms with Crippen LogP contribution in [-0.4, -0.2) is 29.5 Å². The molecule has 5 heteroatoms. The molecule has 0 radical (unpaired) electrons. The van der Waals surface area contributed by atoms with Gasteiger partial charge < -0.3 is 9.47 Å². The van der Waals surface area contributed by atoms with Gasteiger partial charge in [0.2, 0.25) is 0 Å². The maximum absolute atomic E-state index is 11.4. The maximum atomic E-state index is 11.4. The zero-order valence-electron chi connectivity index (χ0n) is 14.5. The molecule has 0 unspecified atom stereocenters. The summed E-state index contributed by atoms with van der Waals surface area (Å²) in [5.41, 5.74) is 2.47. The first-order valence-electron chi connectivity index (χ1n) is 8.54. The van der Waals surface area contributed by atoms with Gasteiger partial charge in [-0.3, -0.25) is 0 Å². The highest BCUT2D eigenvalue weighted by Gasteiger charge is 2.09. The molecule has 0 saturated heterocycles. The summed E-state index contributed by atoms with van der Waals surface area (Å²) >= 11 is 0. The molecule has 1 aromatic carbocycles. The second-order valence-corrected chi connectivity index (χ2v) is 5.80. The summed E-state index contributed by atoms with van der Waals surface area (Å²) in [5, 5.41) is 4.18. The van der Waals surface area contributed by atoms with Crippen LogP contribution in [0.5, 0.6) is 0 Å². The Morgan fingerprint density at radius 1 is 1.12 bits per heavy atom. The molecule has 1 heterocycles. The van der Waals surface area contributed by atoms with Crippen molar-refractivity contribution in [1.82, 2.24) is 9.78 Å². The number of ether oxygens (including phenoxy) is 2. The lowest BCUT2D eigenvalue weighted by Crippen LogP contribution is -2.00. The van der Waals surface area contributed by atoms with Crippen LogP contribution in [0.3, 0.4) is 0 Å². The Balaban J connectivity index is 1.78. The second kappa shape index (κ2) is 9.88. The van der Waals surface area contributed by atoms with Crippen molar-refractivity contribution in [2.45, 2.75) is 45.6 Å². The minimum absolute atomic E-state index is 0.384. The molecule has 0 aliphatic rings. The third-order valence-corrected chi connectivity index (χ3v) is 3.87. The average molecular weight is 330 g/mol. The smallest absolute Gasteiger partial charge is 0.341 e. The van der Waals surface area contributed by atoms with E-state index in [-0.39, 0.29) is 5.97 Å². The summed E-state index contributed by atoms with van der Waals surface area (Å²) < 4.78 is 12.1. The Labute approximate surface area is 143 Å². The number of carbonyl (C=O) groups excluding carboxylic acids is 1. The zero-order chi connectivity index (χ0) is 17.2. The van der Waals surface area contributed by atoms with Crippen molar-refractivity contribution in [1.29, 1.82) is 0 Å². The molecule has 2 rings (SSSR count). The van der Waals surface area contributed by atoms with Crippen LogP contribution in [0, 0.1) is 0 Å². The maximum Gasteiger partial charge on any atom is 0.341 e. The normalized spacial score (nSPS) is 10.8. The molecule has 0 spiro atoms. The predicted molar refractivity (Wildman–Crippen MR) is 93.3 cm³/mol. The molecular formula is C19H26N2O3. The molecule has 0 aliphatic carbocycles. The van der Waals surface area contributed by atoms with Gasteiger partial charge in [-0.25, -0.2) is 9.48 Å². The van der Waals surface area contributed by atoms with Gasteiger partial charge in [-0.2, -0.15) is 5.10 Å². The first-order chi connectivity index (χ1) is 11.7. The molecule has 0 bridgehead atoms. The number of methoxy groups -OCH3 is 1. The Bertz CT molecular complexity index is 620. The number of hydrogen-bond donors (Lipinski definition) is 0. The van der Waals surface area contributed by atoms with E-state index in [1.165, 1.54) is 39.0 Å². The van der Waals surface area contributed by atoms with Crippen LogP contribution in [0.1, 0.15) is 54.9 Å². The predicted octanol–water partition coefficient (Wildman–Crippen LogP) is 4.15. The van der Waals surface area contributed by atoms with E-state index in [0.717, 1.165) is 24.3 Å². The molecule has 0 saturated carbocycles. The quantitative estimate of drug-likeness (QED) is 0.485. The van der Waals surface area contributed by atoms with Crippen LogP contribution in [0.15, 0.2) is 36.7 Å². The van der Waals surface area contributed by atoms with Gasteiger partial charge in [-0.1, -0.05) is 44.7 Å². The standard InChI is InChI=1S/C19H26N2O3/c1-3-4-5-6-7-12-24-15-16-8-10-18(11-9-16)21-14-17(13-20-21)19(22)23-2/h8-11,13-14H,3-7,12,15H2,1-2H3. The molecule has 1 aromatic heterocycles. The Morgan fingerprint density at radius 3 is 2.58 bits per heavy atom. The van der Waals surface area contributed by atoms with E-state index in [4.69, 9.17) is 4.74 Å². The molecule has 0 N–H and O–H groups in total. The topological polar surface area (TPSA) is 53.4 Å². The third kappa shape index (κ3) is 5.49. The van der Waals surface area contributed by atoms with E-state index in [1.54, 1.807) is 10.9 Å². The average Bonchev–Trinajstić information content (AvgIpc) is 3.11. The van der Waals surface area contributed by atoms with E-state index >= 15 is 0 Å². The molecule has 2 aromatic rings. The highest BCUT2D eigenvalue weighted by molar-refractivity contribution is 5.88. The number of aromatic nitrogens is 2. The summed E-state index contributed by atoms with van der Waals surface area (Å²) in [5.74, 6) is -0.384. The molecule has 0 atom stereocenters. The van der Waals surface area contributed by atoms with E-state index in [9.17, 15) is 4.79 Å². The fourth-order valence-electron chi connectivity index (χ4n) is 2.43. The van der Waals surface area contributed by atoms with Gasteiger partial charge in [0.05, 0.1) is 31.2 Å². The molecule has 5 nitrogen and oxygen atoms in total. The number of esters is 1. The highest BCUT2D eigenvalue weighted by Crippen LogP contribution is 2.12. The number of hydrogen-bond acceptors (Lipinski definition) is 4. The van der Waals surface area contributed by atoms with Crippen LogP contribution in [0.4, 0.5) is 0 Å².